The fourth-order valence-electron chi connectivity index (χ4n) is 2.09. The van der Waals surface area contributed by atoms with Gasteiger partial charge in [-0.25, -0.2) is 4.99 Å². The van der Waals surface area contributed by atoms with E-state index in [0.717, 1.165) is 24.9 Å². The van der Waals surface area contributed by atoms with Crippen LogP contribution in [0.4, 0.5) is 0 Å². The fourth-order valence-corrected chi connectivity index (χ4v) is 2.09. The van der Waals surface area contributed by atoms with Gasteiger partial charge in [0.05, 0.1) is 0 Å². The molecular formula is C16H25IN6. The molecule has 0 bridgehead atoms. The molecule has 126 valence electrons. The Hall–Kier alpha value is -1.64. The van der Waals surface area contributed by atoms with Crippen molar-refractivity contribution in [1.29, 1.82) is 0 Å². The minimum absolute atomic E-state index is 0. The Bertz CT molecular complexity index is 596. The first kappa shape index (κ1) is 19.4. The second kappa shape index (κ2) is 10.2. The zero-order chi connectivity index (χ0) is 15.8. The summed E-state index contributed by atoms with van der Waals surface area (Å²) in [5.41, 5.74) is 1.32. The van der Waals surface area contributed by atoms with Crippen LogP contribution in [0.5, 0.6) is 0 Å². The SMILES string of the molecule is CCNC(=NCc1nncn1C)NCC(C)c1ccccc1.I. The van der Waals surface area contributed by atoms with Crippen LogP contribution in [-0.4, -0.2) is 33.8 Å². The van der Waals surface area contributed by atoms with Crippen LogP contribution in [0.2, 0.25) is 0 Å². The highest BCUT2D eigenvalue weighted by Crippen LogP contribution is 2.12. The van der Waals surface area contributed by atoms with E-state index in [-0.39, 0.29) is 24.0 Å². The van der Waals surface area contributed by atoms with E-state index in [2.05, 4.69) is 63.9 Å². The van der Waals surface area contributed by atoms with Crippen LogP contribution in [-0.2, 0) is 13.6 Å². The fraction of sp³-hybridized carbons (Fsp3) is 0.438. The lowest BCUT2D eigenvalue weighted by atomic mass is 10.0. The first-order valence-electron chi connectivity index (χ1n) is 7.60. The summed E-state index contributed by atoms with van der Waals surface area (Å²) in [6.07, 6.45) is 1.68. The maximum atomic E-state index is 4.55. The summed E-state index contributed by atoms with van der Waals surface area (Å²) in [5.74, 6) is 2.06. The lowest BCUT2D eigenvalue weighted by molar-refractivity contribution is 0.695. The van der Waals surface area contributed by atoms with Crippen molar-refractivity contribution >= 4 is 29.9 Å². The number of guanidine groups is 1. The summed E-state index contributed by atoms with van der Waals surface area (Å²) in [6, 6.07) is 10.5. The van der Waals surface area contributed by atoms with Gasteiger partial charge in [-0.05, 0) is 18.4 Å². The molecular weight excluding hydrogens is 403 g/mol. The van der Waals surface area contributed by atoms with Crippen LogP contribution in [0.1, 0.15) is 31.2 Å². The van der Waals surface area contributed by atoms with Gasteiger partial charge in [0.2, 0.25) is 0 Å². The monoisotopic (exact) mass is 428 g/mol. The molecule has 0 aliphatic rings. The maximum absolute atomic E-state index is 4.55. The van der Waals surface area contributed by atoms with Crippen LogP contribution in [0.15, 0.2) is 41.7 Å². The van der Waals surface area contributed by atoms with E-state index in [0.29, 0.717) is 12.5 Å². The van der Waals surface area contributed by atoms with Crippen molar-refractivity contribution < 1.29 is 0 Å². The number of halogens is 1. The van der Waals surface area contributed by atoms with E-state index in [1.807, 2.05) is 17.7 Å². The molecule has 1 atom stereocenters. The molecule has 1 aromatic carbocycles. The summed E-state index contributed by atoms with van der Waals surface area (Å²) in [6.45, 7) is 6.42. The van der Waals surface area contributed by atoms with E-state index in [9.17, 15) is 0 Å². The van der Waals surface area contributed by atoms with E-state index in [1.54, 1.807) is 6.33 Å². The second-order valence-electron chi connectivity index (χ2n) is 5.25. The second-order valence-corrected chi connectivity index (χ2v) is 5.25. The van der Waals surface area contributed by atoms with Gasteiger partial charge in [0.25, 0.3) is 0 Å². The van der Waals surface area contributed by atoms with Gasteiger partial charge in [0, 0.05) is 20.1 Å². The standard InChI is InChI=1S/C16H24N6.HI/c1-4-17-16(19-11-15-21-20-12-22(15)3)18-10-13(2)14-8-6-5-7-9-14;/h5-9,12-13H,4,10-11H2,1-3H3,(H2,17,18,19);1H. The Balaban J connectivity index is 0.00000264. The Morgan fingerprint density at radius 3 is 2.61 bits per heavy atom. The van der Waals surface area contributed by atoms with Gasteiger partial charge in [-0.2, -0.15) is 0 Å². The maximum Gasteiger partial charge on any atom is 0.191 e. The topological polar surface area (TPSA) is 67.1 Å². The summed E-state index contributed by atoms with van der Waals surface area (Å²) >= 11 is 0. The van der Waals surface area contributed by atoms with Crippen molar-refractivity contribution in [3.63, 3.8) is 0 Å². The largest absolute Gasteiger partial charge is 0.357 e. The van der Waals surface area contributed by atoms with E-state index >= 15 is 0 Å². The predicted octanol–water partition coefficient (Wildman–Crippen LogP) is 2.29. The number of nitrogens with zero attached hydrogens (tertiary/aromatic N) is 4. The number of aliphatic imine (C=N–C) groups is 1. The summed E-state index contributed by atoms with van der Waals surface area (Å²) in [5, 5.41) is 14.5. The Labute approximate surface area is 154 Å². The first-order chi connectivity index (χ1) is 10.7. The molecule has 0 spiro atoms. The van der Waals surface area contributed by atoms with Gasteiger partial charge < -0.3 is 15.2 Å². The average Bonchev–Trinajstić information content (AvgIpc) is 2.96. The average molecular weight is 428 g/mol. The quantitative estimate of drug-likeness (QED) is 0.421. The number of aryl methyl sites for hydroxylation is 1. The number of hydrogen-bond acceptors (Lipinski definition) is 3. The lowest BCUT2D eigenvalue weighted by Crippen LogP contribution is -2.39. The van der Waals surface area contributed by atoms with Gasteiger partial charge in [0.1, 0.15) is 12.9 Å². The third kappa shape index (κ3) is 6.17. The van der Waals surface area contributed by atoms with Crippen molar-refractivity contribution in [1.82, 2.24) is 25.4 Å². The molecule has 0 fully saturated rings. The van der Waals surface area contributed by atoms with Gasteiger partial charge in [-0.1, -0.05) is 37.3 Å². The highest BCUT2D eigenvalue weighted by molar-refractivity contribution is 14.0. The van der Waals surface area contributed by atoms with E-state index in [4.69, 9.17) is 0 Å². The molecule has 2 rings (SSSR count). The van der Waals surface area contributed by atoms with Gasteiger partial charge in [0.15, 0.2) is 11.8 Å². The van der Waals surface area contributed by atoms with Gasteiger partial charge in [-0.15, -0.1) is 34.2 Å². The highest BCUT2D eigenvalue weighted by Gasteiger charge is 2.06. The van der Waals surface area contributed by atoms with Crippen LogP contribution >= 0.6 is 24.0 Å². The summed E-state index contributed by atoms with van der Waals surface area (Å²) < 4.78 is 1.87. The van der Waals surface area contributed by atoms with Crippen LogP contribution < -0.4 is 10.6 Å². The number of nitrogens with one attached hydrogen (secondary N) is 2. The molecule has 0 aliphatic carbocycles. The third-order valence-electron chi connectivity index (χ3n) is 3.47. The minimum Gasteiger partial charge on any atom is -0.357 e. The molecule has 6 nitrogen and oxygen atoms in total. The van der Waals surface area contributed by atoms with Gasteiger partial charge in [-0.3, -0.25) is 0 Å². The molecule has 2 aromatic rings. The van der Waals surface area contributed by atoms with Crippen molar-refractivity contribution in [2.75, 3.05) is 13.1 Å². The molecule has 1 unspecified atom stereocenters. The van der Waals surface area contributed by atoms with Crippen LogP contribution in [0.25, 0.3) is 0 Å². The highest BCUT2D eigenvalue weighted by atomic mass is 127. The van der Waals surface area contributed by atoms with Gasteiger partial charge >= 0.3 is 0 Å². The zero-order valence-electron chi connectivity index (χ0n) is 13.9. The Kier molecular flexibility index (Phi) is 8.60. The molecule has 0 radical (unpaired) electrons. The Morgan fingerprint density at radius 1 is 1.26 bits per heavy atom. The van der Waals surface area contributed by atoms with Crippen LogP contribution in [0.3, 0.4) is 0 Å². The van der Waals surface area contributed by atoms with Crippen molar-refractivity contribution in [3.8, 4) is 0 Å². The Morgan fingerprint density at radius 2 is 2.00 bits per heavy atom. The number of hydrogen-bond donors (Lipinski definition) is 2. The first-order valence-corrected chi connectivity index (χ1v) is 7.60. The number of benzene rings is 1. The summed E-state index contributed by atoms with van der Waals surface area (Å²) in [7, 11) is 1.92. The summed E-state index contributed by atoms with van der Waals surface area (Å²) in [4.78, 5) is 4.55. The van der Waals surface area contributed by atoms with Crippen molar-refractivity contribution in [2.45, 2.75) is 26.3 Å². The molecule has 23 heavy (non-hydrogen) atoms. The zero-order valence-corrected chi connectivity index (χ0v) is 16.2. The predicted molar refractivity (Wildman–Crippen MR) is 104 cm³/mol. The molecule has 0 saturated heterocycles. The third-order valence-corrected chi connectivity index (χ3v) is 3.47. The molecule has 1 heterocycles. The molecule has 0 saturated carbocycles. The van der Waals surface area contributed by atoms with Crippen molar-refractivity contribution in [2.24, 2.45) is 12.0 Å². The molecule has 0 aliphatic heterocycles. The van der Waals surface area contributed by atoms with Crippen molar-refractivity contribution in [3.05, 3.63) is 48.0 Å². The van der Waals surface area contributed by atoms with E-state index < -0.39 is 0 Å². The number of aromatic nitrogens is 3. The molecule has 0 amide bonds. The number of rotatable bonds is 6. The normalized spacial score (nSPS) is 12.4. The minimum atomic E-state index is 0. The molecule has 7 heteroatoms. The molecule has 2 N–H and O–H groups in total. The molecule has 1 aromatic heterocycles. The smallest absolute Gasteiger partial charge is 0.191 e. The van der Waals surface area contributed by atoms with Crippen LogP contribution in [0, 0.1) is 0 Å². The van der Waals surface area contributed by atoms with E-state index in [1.165, 1.54) is 5.56 Å². The lowest BCUT2D eigenvalue weighted by Gasteiger charge is -2.16.